The Labute approximate surface area is 133 Å². The van der Waals surface area contributed by atoms with Crippen LogP contribution in [-0.2, 0) is 0 Å². The first-order valence-electron chi connectivity index (χ1n) is 8.44. The molecule has 0 radical (unpaired) electrons. The fraction of sp³-hybridized carbons (Fsp3) is 1.00. The van der Waals surface area contributed by atoms with Crippen LogP contribution in [0.3, 0.4) is 0 Å². The van der Waals surface area contributed by atoms with E-state index in [1.54, 1.807) is 0 Å². The Hall–Kier alpha value is 0.690. The average molecular weight is 377 g/mol. The van der Waals surface area contributed by atoms with E-state index >= 15 is 0 Å². The van der Waals surface area contributed by atoms with Crippen LogP contribution in [0.4, 0.5) is 0 Å². The Bertz CT molecular complexity index is 262. The molecular formula is C17H32IN. The van der Waals surface area contributed by atoms with Gasteiger partial charge >= 0.3 is 0 Å². The quantitative estimate of drug-likeness (QED) is 0.481. The summed E-state index contributed by atoms with van der Waals surface area (Å²) in [5, 5.41) is 0. The van der Waals surface area contributed by atoms with Crippen molar-refractivity contribution in [3.63, 3.8) is 0 Å². The lowest BCUT2D eigenvalue weighted by molar-refractivity contribution is 0.201. The maximum absolute atomic E-state index is 5.88. The number of halogens is 1. The molecule has 0 aromatic carbocycles. The summed E-state index contributed by atoms with van der Waals surface area (Å²) in [5.41, 5.74) is 6.50. The second-order valence-corrected chi connectivity index (χ2v) is 8.20. The molecule has 19 heavy (non-hydrogen) atoms. The van der Waals surface area contributed by atoms with E-state index in [2.05, 4.69) is 29.5 Å². The smallest absolute Gasteiger partial charge is 0.00520 e. The first-order valence-corrected chi connectivity index (χ1v) is 9.96. The molecule has 0 aromatic rings. The average Bonchev–Trinajstić information content (AvgIpc) is 3.01. The van der Waals surface area contributed by atoms with Gasteiger partial charge in [-0.3, -0.25) is 0 Å². The van der Waals surface area contributed by atoms with Crippen LogP contribution in [0, 0.1) is 23.2 Å². The van der Waals surface area contributed by atoms with E-state index in [1.165, 1.54) is 68.6 Å². The Kier molecular flexibility index (Phi) is 6.45. The van der Waals surface area contributed by atoms with Gasteiger partial charge in [0, 0.05) is 4.43 Å². The van der Waals surface area contributed by atoms with Gasteiger partial charge in [0.1, 0.15) is 0 Å². The molecule has 0 heterocycles. The third-order valence-electron chi connectivity index (χ3n) is 5.93. The monoisotopic (exact) mass is 377 g/mol. The Morgan fingerprint density at radius 2 is 1.89 bits per heavy atom. The highest BCUT2D eigenvalue weighted by molar-refractivity contribution is 14.1. The molecule has 0 amide bonds. The lowest BCUT2D eigenvalue weighted by Crippen LogP contribution is -2.26. The summed E-state index contributed by atoms with van der Waals surface area (Å²) < 4.78 is 1.34. The minimum Gasteiger partial charge on any atom is -0.330 e. The van der Waals surface area contributed by atoms with Crippen LogP contribution in [0.1, 0.15) is 71.1 Å². The zero-order valence-corrected chi connectivity index (χ0v) is 14.8. The lowest BCUT2D eigenvalue weighted by Gasteiger charge is -2.33. The SMILES string of the molecule is CC1(CI)CCCC1CC(CCN)CC1CCCC1. The number of nitrogens with two attached hydrogens (primary N) is 1. The van der Waals surface area contributed by atoms with Crippen molar-refractivity contribution >= 4 is 22.6 Å². The zero-order valence-electron chi connectivity index (χ0n) is 12.7. The number of hydrogen-bond acceptors (Lipinski definition) is 1. The van der Waals surface area contributed by atoms with Gasteiger partial charge in [0.15, 0.2) is 0 Å². The summed E-state index contributed by atoms with van der Waals surface area (Å²) in [6.07, 6.45) is 14.6. The van der Waals surface area contributed by atoms with E-state index in [0.717, 1.165) is 24.3 Å². The topological polar surface area (TPSA) is 26.0 Å². The van der Waals surface area contributed by atoms with Crippen molar-refractivity contribution in [2.75, 3.05) is 11.0 Å². The first-order chi connectivity index (χ1) is 9.18. The molecule has 2 aliphatic carbocycles. The molecule has 3 unspecified atom stereocenters. The molecule has 2 aliphatic rings. The fourth-order valence-electron chi connectivity index (χ4n) is 4.57. The second-order valence-electron chi connectivity index (χ2n) is 7.44. The maximum atomic E-state index is 5.88. The first kappa shape index (κ1) is 16.1. The van der Waals surface area contributed by atoms with Gasteiger partial charge in [0.25, 0.3) is 0 Å². The maximum Gasteiger partial charge on any atom is 0.00520 e. The van der Waals surface area contributed by atoms with Gasteiger partial charge in [-0.1, -0.05) is 61.6 Å². The van der Waals surface area contributed by atoms with Gasteiger partial charge in [-0.05, 0) is 61.8 Å². The molecule has 2 fully saturated rings. The molecular weight excluding hydrogens is 345 g/mol. The van der Waals surface area contributed by atoms with Crippen LogP contribution in [-0.4, -0.2) is 11.0 Å². The largest absolute Gasteiger partial charge is 0.330 e. The van der Waals surface area contributed by atoms with Crippen molar-refractivity contribution in [3.05, 3.63) is 0 Å². The lowest BCUT2D eigenvalue weighted by atomic mass is 9.74. The third kappa shape index (κ3) is 4.33. The molecule has 3 atom stereocenters. The molecule has 2 rings (SSSR count). The van der Waals surface area contributed by atoms with Crippen molar-refractivity contribution in [2.45, 2.75) is 71.1 Å². The molecule has 0 aliphatic heterocycles. The highest BCUT2D eigenvalue weighted by Gasteiger charge is 2.38. The molecule has 2 heteroatoms. The normalized spacial score (nSPS) is 33.9. The predicted molar refractivity (Wildman–Crippen MR) is 92.7 cm³/mol. The van der Waals surface area contributed by atoms with Crippen molar-refractivity contribution in [1.82, 2.24) is 0 Å². The van der Waals surface area contributed by atoms with Crippen molar-refractivity contribution < 1.29 is 0 Å². The standard InChI is InChI=1S/C17H32IN/c1-17(13-18)9-4-7-16(17)12-15(8-10-19)11-14-5-2-3-6-14/h14-16H,2-13,19H2,1H3. The molecule has 0 spiro atoms. The Morgan fingerprint density at radius 1 is 1.16 bits per heavy atom. The highest BCUT2D eigenvalue weighted by atomic mass is 127. The molecule has 112 valence electrons. The van der Waals surface area contributed by atoms with Gasteiger partial charge in [-0.15, -0.1) is 0 Å². The molecule has 0 bridgehead atoms. The van der Waals surface area contributed by atoms with Gasteiger partial charge in [-0.25, -0.2) is 0 Å². The van der Waals surface area contributed by atoms with Gasteiger partial charge < -0.3 is 5.73 Å². The Morgan fingerprint density at radius 3 is 2.53 bits per heavy atom. The minimum atomic E-state index is 0.628. The fourth-order valence-corrected chi connectivity index (χ4v) is 5.57. The Balaban J connectivity index is 1.88. The van der Waals surface area contributed by atoms with Gasteiger partial charge in [-0.2, -0.15) is 0 Å². The summed E-state index contributed by atoms with van der Waals surface area (Å²) >= 11 is 2.62. The van der Waals surface area contributed by atoms with Crippen LogP contribution in [0.15, 0.2) is 0 Å². The van der Waals surface area contributed by atoms with E-state index in [1.807, 2.05) is 0 Å². The third-order valence-corrected chi connectivity index (χ3v) is 7.67. The molecule has 2 N–H and O–H groups in total. The zero-order chi connectivity index (χ0) is 13.7. The summed E-state index contributed by atoms with van der Waals surface area (Å²) in [6.45, 7) is 3.43. The number of hydrogen-bond donors (Lipinski definition) is 1. The highest BCUT2D eigenvalue weighted by Crippen LogP contribution is 2.48. The number of rotatable bonds is 7. The van der Waals surface area contributed by atoms with E-state index in [4.69, 9.17) is 5.73 Å². The van der Waals surface area contributed by atoms with E-state index in [0.29, 0.717) is 5.41 Å². The summed E-state index contributed by atoms with van der Waals surface area (Å²) in [6, 6.07) is 0. The van der Waals surface area contributed by atoms with Crippen molar-refractivity contribution in [2.24, 2.45) is 28.9 Å². The van der Waals surface area contributed by atoms with Crippen molar-refractivity contribution in [1.29, 1.82) is 0 Å². The molecule has 0 saturated heterocycles. The predicted octanol–water partition coefficient (Wildman–Crippen LogP) is 5.16. The molecule has 2 saturated carbocycles. The van der Waals surface area contributed by atoms with Crippen molar-refractivity contribution in [3.8, 4) is 0 Å². The summed E-state index contributed by atoms with van der Waals surface area (Å²) in [7, 11) is 0. The minimum absolute atomic E-state index is 0.628. The van der Waals surface area contributed by atoms with E-state index in [-0.39, 0.29) is 0 Å². The van der Waals surface area contributed by atoms with Crippen LogP contribution < -0.4 is 5.73 Å². The second kappa shape index (κ2) is 7.63. The summed E-state index contributed by atoms with van der Waals surface area (Å²) in [5.74, 6) is 2.92. The van der Waals surface area contributed by atoms with Crippen LogP contribution in [0.2, 0.25) is 0 Å². The van der Waals surface area contributed by atoms with Gasteiger partial charge in [0.05, 0.1) is 0 Å². The van der Waals surface area contributed by atoms with Gasteiger partial charge in [0.2, 0.25) is 0 Å². The number of alkyl halides is 1. The molecule has 0 aromatic heterocycles. The van der Waals surface area contributed by atoms with E-state index in [9.17, 15) is 0 Å². The van der Waals surface area contributed by atoms with Crippen LogP contribution in [0.25, 0.3) is 0 Å². The van der Waals surface area contributed by atoms with Crippen LogP contribution >= 0.6 is 22.6 Å². The molecule has 1 nitrogen and oxygen atoms in total. The van der Waals surface area contributed by atoms with E-state index < -0.39 is 0 Å². The summed E-state index contributed by atoms with van der Waals surface area (Å²) in [4.78, 5) is 0. The van der Waals surface area contributed by atoms with Crippen LogP contribution in [0.5, 0.6) is 0 Å².